The Hall–Kier alpha value is -2.45. The predicted molar refractivity (Wildman–Crippen MR) is 131 cm³/mol. The summed E-state index contributed by atoms with van der Waals surface area (Å²) in [5.74, 6) is -0.824. The van der Waals surface area contributed by atoms with Crippen molar-refractivity contribution in [3.8, 4) is 0 Å². The summed E-state index contributed by atoms with van der Waals surface area (Å²) in [4.78, 5) is 30.9. The summed E-state index contributed by atoms with van der Waals surface area (Å²) in [6, 6.07) is 11.7. The van der Waals surface area contributed by atoms with Gasteiger partial charge >= 0.3 is 0 Å². The van der Waals surface area contributed by atoms with Gasteiger partial charge in [0, 0.05) is 19.5 Å². The van der Waals surface area contributed by atoms with E-state index >= 15 is 0 Å². The molecular weight excluding hydrogens is 450 g/mol. The first-order valence-corrected chi connectivity index (χ1v) is 13.9. The van der Waals surface area contributed by atoms with Crippen molar-refractivity contribution in [3.63, 3.8) is 0 Å². The van der Waals surface area contributed by atoms with Gasteiger partial charge in [-0.05, 0) is 61.7 Å². The van der Waals surface area contributed by atoms with Gasteiger partial charge in [-0.3, -0.25) is 9.59 Å². The fourth-order valence-corrected chi connectivity index (χ4v) is 7.74. The van der Waals surface area contributed by atoms with Crippen molar-refractivity contribution in [1.82, 2.24) is 14.1 Å². The smallest absolute Gasteiger partial charge is 0.266 e. The zero-order valence-electron chi connectivity index (χ0n) is 19.7. The Morgan fingerprint density at radius 2 is 1.74 bits per heavy atom. The molecule has 7 nitrogen and oxygen atoms in total. The first-order chi connectivity index (χ1) is 16.4. The third-order valence-electron chi connectivity index (χ3n) is 7.80. The van der Waals surface area contributed by atoms with Crippen molar-refractivity contribution in [3.05, 3.63) is 42.5 Å². The first-order valence-electron chi connectivity index (χ1n) is 12.5. The Kier molecular flexibility index (Phi) is 6.37. The van der Waals surface area contributed by atoms with Crippen molar-refractivity contribution in [2.75, 3.05) is 26.2 Å². The number of sulfonamides is 1. The van der Waals surface area contributed by atoms with Gasteiger partial charge in [-0.2, -0.15) is 0 Å². The monoisotopic (exact) mass is 483 g/mol. The minimum atomic E-state index is -4.02. The lowest BCUT2D eigenvalue weighted by Gasteiger charge is -2.30. The van der Waals surface area contributed by atoms with Crippen LogP contribution in [0.4, 0.5) is 0 Å². The molecule has 2 aromatic rings. The summed E-state index contributed by atoms with van der Waals surface area (Å²) in [5.41, 5.74) is 0. The van der Waals surface area contributed by atoms with Gasteiger partial charge < -0.3 is 9.80 Å². The van der Waals surface area contributed by atoms with Gasteiger partial charge in [-0.25, -0.2) is 12.7 Å². The molecule has 2 aromatic carbocycles. The third-order valence-corrected chi connectivity index (χ3v) is 9.61. The van der Waals surface area contributed by atoms with Crippen LogP contribution in [0.2, 0.25) is 0 Å². The maximum absolute atomic E-state index is 13.7. The minimum Gasteiger partial charge on any atom is -0.337 e. The van der Waals surface area contributed by atoms with Crippen LogP contribution in [0.5, 0.6) is 0 Å². The van der Waals surface area contributed by atoms with E-state index in [-0.39, 0.29) is 22.8 Å². The van der Waals surface area contributed by atoms with E-state index in [9.17, 15) is 18.0 Å². The van der Waals surface area contributed by atoms with Crippen molar-refractivity contribution < 1.29 is 18.0 Å². The van der Waals surface area contributed by atoms with Gasteiger partial charge in [0.05, 0.1) is 22.9 Å². The highest BCUT2D eigenvalue weighted by atomic mass is 32.2. The lowest BCUT2D eigenvalue weighted by Crippen LogP contribution is -2.44. The number of piperidine rings is 1. The molecule has 3 aliphatic heterocycles. The second-order valence-electron chi connectivity index (χ2n) is 9.75. The lowest BCUT2D eigenvalue weighted by atomic mass is 9.96. The van der Waals surface area contributed by atoms with Crippen LogP contribution < -0.4 is 0 Å². The SMILES string of the molecule is CC[C@H]1C(=O)N(S(=O)(=O)c2ccc3ccccc3c2)[C@H]2CCN(C(=O)CCN3CCCCC3)[C@H]12. The average Bonchev–Trinajstić information content (AvgIpc) is 3.39. The second-order valence-corrected chi connectivity index (χ2v) is 11.6. The maximum Gasteiger partial charge on any atom is 0.266 e. The van der Waals surface area contributed by atoms with Gasteiger partial charge in [0.2, 0.25) is 11.8 Å². The number of benzene rings is 2. The van der Waals surface area contributed by atoms with Crippen LogP contribution in [0.15, 0.2) is 47.4 Å². The van der Waals surface area contributed by atoms with Crippen molar-refractivity contribution >= 4 is 32.6 Å². The van der Waals surface area contributed by atoms with Crippen LogP contribution in [0, 0.1) is 5.92 Å². The number of hydrogen-bond acceptors (Lipinski definition) is 5. The Morgan fingerprint density at radius 3 is 2.47 bits per heavy atom. The highest BCUT2D eigenvalue weighted by Gasteiger charge is 2.57. The summed E-state index contributed by atoms with van der Waals surface area (Å²) in [5, 5.41) is 1.77. The fourth-order valence-electron chi connectivity index (χ4n) is 6.04. The van der Waals surface area contributed by atoms with E-state index in [0.717, 1.165) is 34.7 Å². The van der Waals surface area contributed by atoms with E-state index in [2.05, 4.69) is 4.90 Å². The molecule has 0 radical (unpaired) electrons. The molecule has 0 bridgehead atoms. The zero-order chi connectivity index (χ0) is 23.9. The minimum absolute atomic E-state index is 0.0364. The number of hydrogen-bond donors (Lipinski definition) is 0. The van der Waals surface area contributed by atoms with E-state index in [1.165, 1.54) is 19.3 Å². The van der Waals surface area contributed by atoms with Gasteiger partial charge in [-0.1, -0.05) is 43.7 Å². The largest absolute Gasteiger partial charge is 0.337 e. The number of carbonyl (C=O) groups is 2. The topological polar surface area (TPSA) is 78.0 Å². The molecule has 3 atom stereocenters. The van der Waals surface area contributed by atoms with Gasteiger partial charge in [0.1, 0.15) is 0 Å². The number of nitrogens with zero attached hydrogens (tertiary/aromatic N) is 3. The van der Waals surface area contributed by atoms with Gasteiger partial charge in [0.15, 0.2) is 0 Å². The molecular formula is C26H33N3O4S. The molecule has 34 heavy (non-hydrogen) atoms. The van der Waals surface area contributed by atoms with Crippen LogP contribution in [0.1, 0.15) is 45.4 Å². The second kappa shape index (κ2) is 9.30. The molecule has 3 heterocycles. The summed E-state index contributed by atoms with van der Waals surface area (Å²) in [7, 11) is -4.02. The van der Waals surface area contributed by atoms with E-state index in [0.29, 0.717) is 25.8 Å². The molecule has 182 valence electrons. The molecule has 3 fully saturated rings. The molecule has 2 amide bonds. The van der Waals surface area contributed by atoms with Gasteiger partial charge in [-0.15, -0.1) is 0 Å². The summed E-state index contributed by atoms with van der Waals surface area (Å²) in [6.07, 6.45) is 5.04. The van der Waals surface area contributed by atoms with E-state index < -0.39 is 22.0 Å². The molecule has 5 rings (SSSR count). The third kappa shape index (κ3) is 4.01. The van der Waals surface area contributed by atoms with Gasteiger partial charge in [0.25, 0.3) is 10.0 Å². The highest BCUT2D eigenvalue weighted by molar-refractivity contribution is 7.89. The lowest BCUT2D eigenvalue weighted by molar-refractivity contribution is -0.134. The van der Waals surface area contributed by atoms with E-state index in [1.54, 1.807) is 23.1 Å². The molecule has 8 heteroatoms. The zero-order valence-corrected chi connectivity index (χ0v) is 20.5. The number of rotatable bonds is 6. The molecule has 3 aliphatic rings. The van der Waals surface area contributed by atoms with Crippen LogP contribution >= 0.6 is 0 Å². The molecule has 0 saturated carbocycles. The first kappa shape index (κ1) is 23.3. The molecule has 0 aromatic heterocycles. The number of likely N-dealkylation sites (tertiary alicyclic amines) is 2. The summed E-state index contributed by atoms with van der Waals surface area (Å²) in [6.45, 7) is 5.21. The van der Waals surface area contributed by atoms with E-state index in [1.807, 2.05) is 31.2 Å². The Morgan fingerprint density at radius 1 is 1.00 bits per heavy atom. The number of fused-ring (bicyclic) bond motifs is 2. The van der Waals surface area contributed by atoms with Crippen LogP contribution in [0.25, 0.3) is 10.8 Å². The Labute approximate surface area is 201 Å². The fraction of sp³-hybridized carbons (Fsp3) is 0.538. The average molecular weight is 484 g/mol. The van der Waals surface area contributed by atoms with E-state index in [4.69, 9.17) is 0 Å². The molecule has 0 spiro atoms. The molecule has 0 aliphatic carbocycles. The van der Waals surface area contributed by atoms with Crippen LogP contribution in [-0.4, -0.2) is 72.6 Å². The van der Waals surface area contributed by atoms with Crippen molar-refractivity contribution in [1.29, 1.82) is 0 Å². The standard InChI is InChI=1S/C26H33N3O4S/c1-2-22-25-23(12-17-28(25)24(30)13-16-27-14-6-3-7-15-27)29(26(22)31)34(32,33)21-11-10-19-8-4-5-9-20(19)18-21/h4-5,8-11,18,22-23,25H,2-3,6-7,12-17H2,1H3/t22-,23+,25-/m1/s1. The molecule has 0 unspecified atom stereocenters. The number of amides is 2. The Bertz CT molecular complexity index is 1190. The molecule has 0 N–H and O–H groups in total. The molecule has 3 saturated heterocycles. The summed E-state index contributed by atoms with van der Waals surface area (Å²) < 4.78 is 28.5. The number of carbonyl (C=O) groups excluding carboxylic acids is 2. The maximum atomic E-state index is 13.7. The van der Waals surface area contributed by atoms with Crippen molar-refractivity contribution in [2.24, 2.45) is 5.92 Å². The van der Waals surface area contributed by atoms with Crippen molar-refractivity contribution in [2.45, 2.75) is 62.4 Å². The normalized spacial score (nSPS) is 25.8. The predicted octanol–water partition coefficient (Wildman–Crippen LogP) is 3.24. The van der Waals surface area contributed by atoms with Crippen LogP contribution in [0.3, 0.4) is 0 Å². The Balaban J connectivity index is 1.38. The van der Waals surface area contributed by atoms with Crippen LogP contribution in [-0.2, 0) is 19.6 Å². The summed E-state index contributed by atoms with van der Waals surface area (Å²) >= 11 is 0. The quantitative estimate of drug-likeness (QED) is 0.630. The highest BCUT2D eigenvalue weighted by Crippen LogP contribution is 2.41.